The Bertz CT molecular complexity index is 1610. The van der Waals surface area contributed by atoms with Gasteiger partial charge >= 0.3 is 0 Å². The monoisotopic (exact) mass is 590 g/mol. The fourth-order valence-electron chi connectivity index (χ4n) is 5.88. The number of nitrogens with zero attached hydrogens (tertiary/aromatic N) is 5. The highest BCUT2D eigenvalue weighted by Crippen LogP contribution is 2.36. The van der Waals surface area contributed by atoms with E-state index in [1.807, 2.05) is 18.2 Å². The quantitative estimate of drug-likeness (QED) is 0.273. The molecule has 0 bridgehead atoms. The first kappa shape index (κ1) is 30.3. The van der Waals surface area contributed by atoms with E-state index in [1.54, 1.807) is 31.3 Å². The molecule has 0 atom stereocenters. The summed E-state index contributed by atoms with van der Waals surface area (Å²) in [6.45, 7) is 2.79. The lowest BCUT2D eigenvalue weighted by Crippen LogP contribution is -2.49. The Morgan fingerprint density at radius 2 is 1.86 bits per heavy atom. The summed E-state index contributed by atoms with van der Waals surface area (Å²) in [5, 5.41) is 33.5. The summed E-state index contributed by atoms with van der Waals surface area (Å²) >= 11 is 0. The number of allylic oxidation sites excluding steroid dienone is 1. The molecule has 1 amide bonds. The van der Waals surface area contributed by atoms with Crippen molar-refractivity contribution in [2.24, 2.45) is 10.4 Å². The number of rotatable bonds is 9. The summed E-state index contributed by atoms with van der Waals surface area (Å²) in [5.41, 5.74) is 11.0. The van der Waals surface area contributed by atoms with E-state index in [-0.39, 0.29) is 30.0 Å². The van der Waals surface area contributed by atoms with Crippen molar-refractivity contribution in [1.29, 1.82) is 0 Å². The van der Waals surface area contributed by atoms with E-state index in [0.717, 1.165) is 22.4 Å². The molecule has 0 spiro atoms. The first-order valence-electron chi connectivity index (χ1n) is 14.4. The number of likely N-dealkylation sites (tertiary alicyclic amines) is 1. The van der Waals surface area contributed by atoms with E-state index in [2.05, 4.69) is 5.10 Å². The van der Waals surface area contributed by atoms with Gasteiger partial charge in [-0.2, -0.15) is 9.61 Å². The molecule has 5 rings (SSSR count). The van der Waals surface area contributed by atoms with Gasteiger partial charge in [0.2, 0.25) is 5.91 Å². The van der Waals surface area contributed by atoms with Gasteiger partial charge in [0.25, 0.3) is 0 Å². The molecule has 2 aromatic heterocycles. The topological polar surface area (TPSA) is 176 Å². The van der Waals surface area contributed by atoms with E-state index in [0.29, 0.717) is 67.0 Å². The molecule has 1 fully saturated rings. The maximum absolute atomic E-state index is 13.0. The number of aromatic nitrogens is 3. The van der Waals surface area contributed by atoms with Gasteiger partial charge in [0.15, 0.2) is 11.4 Å². The van der Waals surface area contributed by atoms with Crippen molar-refractivity contribution < 1.29 is 29.6 Å². The lowest BCUT2D eigenvalue weighted by molar-refractivity contribution is -0.147. The predicted molar refractivity (Wildman–Crippen MR) is 161 cm³/mol. The summed E-state index contributed by atoms with van der Waals surface area (Å²) in [5.74, 6) is 0.225. The minimum absolute atomic E-state index is 0.117. The van der Waals surface area contributed by atoms with Crippen LogP contribution >= 0.6 is 0 Å². The average molecular weight is 591 g/mol. The zero-order valence-electron chi connectivity index (χ0n) is 24.7. The van der Waals surface area contributed by atoms with Crippen molar-refractivity contribution in [3.63, 3.8) is 0 Å². The molecule has 2 aliphatic heterocycles. The molecule has 2 aliphatic rings. The van der Waals surface area contributed by atoms with Gasteiger partial charge < -0.3 is 30.7 Å². The lowest BCUT2D eigenvalue weighted by atomic mass is 9.86. The van der Waals surface area contributed by atoms with Crippen LogP contribution in [0.3, 0.4) is 0 Å². The van der Waals surface area contributed by atoms with Crippen molar-refractivity contribution in [3.8, 4) is 5.75 Å². The molecule has 0 unspecified atom stereocenters. The molecule has 1 saturated heterocycles. The van der Waals surface area contributed by atoms with Crippen molar-refractivity contribution in [2.75, 3.05) is 39.1 Å². The lowest BCUT2D eigenvalue weighted by Gasteiger charge is -2.37. The number of ketones is 1. The van der Waals surface area contributed by atoms with Crippen LogP contribution in [0.2, 0.25) is 0 Å². The summed E-state index contributed by atoms with van der Waals surface area (Å²) < 4.78 is 6.81. The molecule has 5 N–H and O–H groups in total. The van der Waals surface area contributed by atoms with Crippen LogP contribution in [-0.4, -0.2) is 85.6 Å². The fourth-order valence-corrected chi connectivity index (χ4v) is 5.88. The number of Topliss-reactive ketones (excluding diaryl/α,β-unsaturated/α-hetero) is 1. The number of amides is 1. The molecular weight excluding hydrogens is 552 g/mol. The van der Waals surface area contributed by atoms with Gasteiger partial charge in [0.1, 0.15) is 11.6 Å². The molecule has 0 saturated carbocycles. The van der Waals surface area contributed by atoms with Crippen LogP contribution < -0.4 is 10.5 Å². The first-order valence-corrected chi connectivity index (χ1v) is 14.4. The smallest absolute Gasteiger partial charge is 0.233 e. The Morgan fingerprint density at radius 3 is 2.44 bits per heavy atom. The highest BCUT2D eigenvalue weighted by Gasteiger charge is 2.38. The number of ether oxygens (including phenoxy) is 1. The minimum Gasteiger partial charge on any atom is -0.496 e. The second-order valence-electron chi connectivity index (χ2n) is 11.5. The molecule has 12 heteroatoms. The minimum atomic E-state index is -1.24. The van der Waals surface area contributed by atoms with E-state index in [1.165, 1.54) is 11.4 Å². The van der Waals surface area contributed by atoms with E-state index in [9.17, 15) is 24.9 Å². The standard InChI is InChI=1S/C31H38N6O6/c1-18(41)26-27(19-8-10-36(11-9-19)30(42)31(2,16-39)17-40)35-29-23(14-34-37(29)28(26)32)21-4-6-24(33-13-21)20-5-7-25(43-3)22(12-20)15-38/h5,7,12-14,19,38-40H,4,6,8-11,15-17,32H2,1-3H3. The Morgan fingerprint density at radius 1 is 1.14 bits per heavy atom. The third kappa shape index (κ3) is 5.53. The number of nitrogen functional groups attached to an aromatic ring is 1. The molecular formula is C31H38N6O6. The van der Waals surface area contributed by atoms with Crippen LogP contribution in [0, 0.1) is 5.41 Å². The largest absolute Gasteiger partial charge is 0.496 e. The molecule has 1 aromatic carbocycles. The van der Waals surface area contributed by atoms with Gasteiger partial charge in [-0.1, -0.05) is 0 Å². The van der Waals surface area contributed by atoms with Crippen LogP contribution in [0.5, 0.6) is 5.75 Å². The zero-order valence-corrected chi connectivity index (χ0v) is 24.7. The van der Waals surface area contributed by atoms with Crippen LogP contribution in [0.1, 0.15) is 78.2 Å². The summed E-state index contributed by atoms with van der Waals surface area (Å²) in [4.78, 5) is 37.1. The van der Waals surface area contributed by atoms with Crippen molar-refractivity contribution in [1.82, 2.24) is 19.5 Å². The number of piperidine rings is 1. The Labute approximate surface area is 249 Å². The molecule has 4 heterocycles. The molecule has 43 heavy (non-hydrogen) atoms. The highest BCUT2D eigenvalue weighted by molar-refractivity contribution is 6.04. The number of anilines is 1. The first-order chi connectivity index (χ1) is 20.6. The number of carbonyl (C=O) groups excluding carboxylic acids is 2. The van der Waals surface area contributed by atoms with Crippen LogP contribution in [-0.2, 0) is 11.4 Å². The Balaban J connectivity index is 1.46. The summed E-state index contributed by atoms with van der Waals surface area (Å²) in [6, 6.07) is 5.64. The molecule has 0 aliphatic carbocycles. The van der Waals surface area contributed by atoms with Crippen LogP contribution in [0.4, 0.5) is 5.82 Å². The van der Waals surface area contributed by atoms with E-state index in [4.69, 9.17) is 20.4 Å². The van der Waals surface area contributed by atoms with Gasteiger partial charge in [-0.3, -0.25) is 14.6 Å². The SMILES string of the molecule is COc1ccc(C2=NC=C(c3cnn4c(N)c(C(C)=O)c(C5CCN(C(=O)C(C)(CO)CO)CC5)nc34)CC2)cc1CO. The number of hydrogen-bond acceptors (Lipinski definition) is 10. The average Bonchev–Trinajstić information content (AvgIpc) is 3.48. The second kappa shape index (κ2) is 12.2. The van der Waals surface area contributed by atoms with Gasteiger partial charge in [-0.05, 0) is 68.9 Å². The van der Waals surface area contributed by atoms with Gasteiger partial charge in [-0.25, -0.2) is 4.98 Å². The summed E-state index contributed by atoms with van der Waals surface area (Å²) in [6.07, 6.45) is 5.96. The van der Waals surface area contributed by atoms with Gasteiger partial charge in [-0.15, -0.1) is 0 Å². The Kier molecular flexibility index (Phi) is 8.63. The number of aliphatic hydroxyl groups is 3. The predicted octanol–water partition coefficient (Wildman–Crippen LogP) is 2.34. The number of methoxy groups -OCH3 is 1. The van der Waals surface area contributed by atoms with Gasteiger partial charge in [0.05, 0.1) is 49.8 Å². The Hall–Kier alpha value is -4.13. The molecule has 12 nitrogen and oxygen atoms in total. The number of fused-ring (bicyclic) bond motifs is 1. The maximum Gasteiger partial charge on any atom is 0.233 e. The number of carbonyl (C=O) groups is 2. The third-order valence-electron chi connectivity index (χ3n) is 8.58. The highest BCUT2D eigenvalue weighted by atomic mass is 16.5. The number of nitrogens with two attached hydrogens (primary N) is 1. The molecule has 3 aromatic rings. The van der Waals surface area contributed by atoms with Gasteiger partial charge in [0, 0.05) is 42.0 Å². The third-order valence-corrected chi connectivity index (χ3v) is 8.58. The second-order valence-corrected chi connectivity index (χ2v) is 11.5. The number of aliphatic imine (C=N–C) groups is 1. The van der Waals surface area contributed by atoms with Crippen molar-refractivity contribution >= 4 is 34.4 Å². The van der Waals surface area contributed by atoms with Crippen LogP contribution in [0.25, 0.3) is 11.2 Å². The number of aliphatic hydroxyl groups excluding tert-OH is 3. The normalized spacial score (nSPS) is 16.3. The summed E-state index contributed by atoms with van der Waals surface area (Å²) in [7, 11) is 1.57. The maximum atomic E-state index is 13.0. The van der Waals surface area contributed by atoms with Crippen molar-refractivity contribution in [3.05, 3.63) is 58.5 Å². The zero-order chi connectivity index (χ0) is 30.9. The fraction of sp³-hybridized carbons (Fsp3) is 0.452. The van der Waals surface area contributed by atoms with E-state index < -0.39 is 18.6 Å². The number of hydrogen-bond donors (Lipinski definition) is 4. The molecule has 0 radical (unpaired) electrons. The molecule has 228 valence electrons. The van der Waals surface area contributed by atoms with E-state index >= 15 is 0 Å². The van der Waals surface area contributed by atoms with Crippen LogP contribution in [0.15, 0.2) is 35.6 Å². The number of benzene rings is 1. The van der Waals surface area contributed by atoms with Crippen molar-refractivity contribution in [2.45, 2.75) is 52.1 Å².